The van der Waals surface area contributed by atoms with Gasteiger partial charge < -0.3 is 11.1 Å². The highest BCUT2D eigenvalue weighted by Gasteiger charge is 2.33. The summed E-state index contributed by atoms with van der Waals surface area (Å²) in [6.07, 6.45) is -4.52. The van der Waals surface area contributed by atoms with Gasteiger partial charge >= 0.3 is 6.18 Å². The van der Waals surface area contributed by atoms with Crippen molar-refractivity contribution in [2.45, 2.75) is 19.5 Å². The number of nitrogens with two attached hydrogens (primary N) is 1. The number of nitrogens with one attached hydrogen (secondary N) is 1. The largest absolute Gasteiger partial charge is 0.433 e. The summed E-state index contributed by atoms with van der Waals surface area (Å²) in [5, 5.41) is 2.85. The van der Waals surface area contributed by atoms with E-state index in [1.54, 1.807) is 42.5 Å². The van der Waals surface area contributed by atoms with E-state index < -0.39 is 17.8 Å². The van der Waals surface area contributed by atoms with Crippen LogP contribution in [0, 0.1) is 6.92 Å². The summed E-state index contributed by atoms with van der Waals surface area (Å²) < 4.78 is 39.9. The van der Waals surface area contributed by atoms with Gasteiger partial charge in [-0.05, 0) is 30.7 Å². The molecule has 0 saturated carbocycles. The zero-order chi connectivity index (χ0) is 20.3. The van der Waals surface area contributed by atoms with Crippen LogP contribution in [0.25, 0.3) is 11.4 Å². The Kier molecular flexibility index (Phi) is 5.30. The van der Waals surface area contributed by atoms with Gasteiger partial charge in [-0.25, -0.2) is 9.97 Å². The molecule has 0 fully saturated rings. The fourth-order valence-electron chi connectivity index (χ4n) is 2.62. The lowest BCUT2D eigenvalue weighted by molar-refractivity contribution is -0.141. The van der Waals surface area contributed by atoms with E-state index in [0.717, 1.165) is 11.6 Å². The minimum absolute atomic E-state index is 0.0153. The first-order valence-corrected chi connectivity index (χ1v) is 8.38. The van der Waals surface area contributed by atoms with Crippen LogP contribution in [0.4, 0.5) is 24.7 Å². The zero-order valence-electron chi connectivity index (χ0n) is 14.9. The van der Waals surface area contributed by atoms with Crippen molar-refractivity contribution in [3.63, 3.8) is 0 Å². The third-order valence-electron chi connectivity index (χ3n) is 3.90. The molecule has 5 nitrogen and oxygen atoms in total. The number of aromatic nitrogens is 2. The molecule has 0 radical (unpaired) electrons. The second-order valence-electron chi connectivity index (χ2n) is 6.29. The first-order valence-electron chi connectivity index (χ1n) is 8.38. The first kappa shape index (κ1) is 19.3. The van der Waals surface area contributed by atoms with Crippen LogP contribution in [0.15, 0.2) is 54.6 Å². The predicted molar refractivity (Wildman–Crippen MR) is 99.8 cm³/mol. The highest BCUT2D eigenvalue weighted by Crippen LogP contribution is 2.31. The number of hydrogen-bond acceptors (Lipinski definition) is 4. The topological polar surface area (TPSA) is 80.9 Å². The maximum absolute atomic E-state index is 13.3. The van der Waals surface area contributed by atoms with Crippen LogP contribution >= 0.6 is 0 Å². The van der Waals surface area contributed by atoms with Gasteiger partial charge in [-0.2, -0.15) is 13.2 Å². The summed E-state index contributed by atoms with van der Waals surface area (Å²) >= 11 is 0. The zero-order valence-corrected chi connectivity index (χ0v) is 14.9. The van der Waals surface area contributed by atoms with Crippen LogP contribution in [0.1, 0.15) is 16.8 Å². The number of hydrogen-bond donors (Lipinski definition) is 2. The van der Waals surface area contributed by atoms with E-state index in [0.29, 0.717) is 16.8 Å². The summed E-state index contributed by atoms with van der Waals surface area (Å²) in [6, 6.07) is 14.4. The molecule has 0 unspecified atom stereocenters. The minimum Gasteiger partial charge on any atom is -0.369 e. The van der Waals surface area contributed by atoms with Crippen molar-refractivity contribution in [1.29, 1.82) is 0 Å². The van der Waals surface area contributed by atoms with Crippen LogP contribution in [-0.4, -0.2) is 15.9 Å². The number of benzene rings is 2. The standard InChI is InChI=1S/C20H17F3N4O/c1-12-3-2-4-14(9-12)19-26-16(20(21,22)23)11-18(27-19)25-15-7-5-13(6-8-15)10-17(24)28/h2-9,11H,10H2,1H3,(H2,24,28)(H,25,26,27). The normalized spacial score (nSPS) is 11.3. The number of carbonyl (C=O) groups excluding carboxylic acids is 1. The highest BCUT2D eigenvalue weighted by atomic mass is 19.4. The Hall–Kier alpha value is -3.42. The fourth-order valence-corrected chi connectivity index (χ4v) is 2.62. The average Bonchev–Trinajstić information content (AvgIpc) is 2.62. The van der Waals surface area contributed by atoms with Gasteiger partial charge in [-0.3, -0.25) is 4.79 Å². The maximum Gasteiger partial charge on any atom is 0.433 e. The van der Waals surface area contributed by atoms with Crippen molar-refractivity contribution in [2.75, 3.05) is 5.32 Å². The molecule has 0 aliphatic carbocycles. The first-order chi connectivity index (χ1) is 13.2. The molecule has 1 amide bonds. The second kappa shape index (κ2) is 7.67. The molecule has 0 aliphatic rings. The van der Waals surface area contributed by atoms with E-state index in [1.165, 1.54) is 0 Å². The molecule has 0 bridgehead atoms. The Morgan fingerprint density at radius 2 is 1.79 bits per heavy atom. The second-order valence-corrected chi connectivity index (χ2v) is 6.29. The fraction of sp³-hybridized carbons (Fsp3) is 0.150. The van der Waals surface area contributed by atoms with E-state index in [4.69, 9.17) is 5.73 Å². The van der Waals surface area contributed by atoms with Crippen molar-refractivity contribution in [3.05, 3.63) is 71.4 Å². The van der Waals surface area contributed by atoms with Gasteiger partial charge in [0.15, 0.2) is 11.5 Å². The minimum atomic E-state index is -4.61. The summed E-state index contributed by atoms with van der Waals surface area (Å²) in [6.45, 7) is 1.84. The molecule has 3 aromatic rings. The molecule has 2 aromatic carbocycles. The third-order valence-corrected chi connectivity index (χ3v) is 3.90. The van der Waals surface area contributed by atoms with E-state index >= 15 is 0 Å². The Morgan fingerprint density at radius 3 is 2.39 bits per heavy atom. The van der Waals surface area contributed by atoms with Crippen molar-refractivity contribution in [3.8, 4) is 11.4 Å². The van der Waals surface area contributed by atoms with Crippen LogP contribution in [0.2, 0.25) is 0 Å². The molecule has 0 aliphatic heterocycles. The number of rotatable bonds is 5. The van der Waals surface area contributed by atoms with Crippen LogP contribution in [-0.2, 0) is 17.4 Å². The van der Waals surface area contributed by atoms with Crippen molar-refractivity contribution >= 4 is 17.4 Å². The van der Waals surface area contributed by atoms with Gasteiger partial charge in [-0.15, -0.1) is 0 Å². The quantitative estimate of drug-likeness (QED) is 0.687. The van der Waals surface area contributed by atoms with E-state index in [1.807, 2.05) is 13.0 Å². The number of halogens is 3. The summed E-state index contributed by atoms with van der Waals surface area (Å²) in [5.74, 6) is -0.470. The predicted octanol–water partition coefficient (Wildman–Crippen LogP) is 4.24. The number of nitrogens with zero attached hydrogens (tertiary/aromatic N) is 2. The van der Waals surface area contributed by atoms with Crippen LogP contribution in [0.5, 0.6) is 0 Å². The Morgan fingerprint density at radius 1 is 1.07 bits per heavy atom. The highest BCUT2D eigenvalue weighted by molar-refractivity contribution is 5.76. The molecule has 144 valence electrons. The summed E-state index contributed by atoms with van der Waals surface area (Å²) in [5.41, 5.74) is 6.72. The van der Waals surface area contributed by atoms with Gasteiger partial charge in [0.25, 0.3) is 0 Å². The lowest BCUT2D eigenvalue weighted by atomic mass is 10.1. The number of alkyl halides is 3. The summed E-state index contributed by atoms with van der Waals surface area (Å²) in [4.78, 5) is 18.9. The van der Waals surface area contributed by atoms with Gasteiger partial charge in [0.2, 0.25) is 5.91 Å². The molecule has 1 heterocycles. The SMILES string of the molecule is Cc1cccc(-c2nc(Nc3ccc(CC(N)=O)cc3)cc(C(F)(F)F)n2)c1. The number of anilines is 2. The van der Waals surface area contributed by atoms with Gasteiger partial charge in [0, 0.05) is 17.3 Å². The lowest BCUT2D eigenvalue weighted by Gasteiger charge is -2.12. The van der Waals surface area contributed by atoms with Crippen LogP contribution in [0.3, 0.4) is 0 Å². The number of primary amides is 1. The van der Waals surface area contributed by atoms with E-state index in [-0.39, 0.29) is 18.1 Å². The number of carbonyl (C=O) groups is 1. The molecule has 0 spiro atoms. The molecule has 8 heteroatoms. The van der Waals surface area contributed by atoms with Crippen molar-refractivity contribution in [1.82, 2.24) is 9.97 Å². The molecule has 3 rings (SSSR count). The molecule has 28 heavy (non-hydrogen) atoms. The number of amides is 1. The maximum atomic E-state index is 13.3. The Balaban J connectivity index is 1.96. The van der Waals surface area contributed by atoms with Gasteiger partial charge in [0.05, 0.1) is 6.42 Å². The molecular formula is C20H17F3N4O. The average molecular weight is 386 g/mol. The van der Waals surface area contributed by atoms with E-state index in [9.17, 15) is 18.0 Å². The third kappa shape index (κ3) is 4.85. The van der Waals surface area contributed by atoms with Gasteiger partial charge in [-0.1, -0.05) is 35.9 Å². The molecule has 0 atom stereocenters. The lowest BCUT2D eigenvalue weighted by Crippen LogP contribution is -2.13. The monoisotopic (exact) mass is 386 g/mol. The Labute approximate surface area is 159 Å². The summed E-state index contributed by atoms with van der Waals surface area (Å²) in [7, 11) is 0. The smallest absolute Gasteiger partial charge is 0.369 e. The molecular weight excluding hydrogens is 369 g/mol. The van der Waals surface area contributed by atoms with E-state index in [2.05, 4.69) is 15.3 Å². The molecule has 0 saturated heterocycles. The van der Waals surface area contributed by atoms with Crippen LogP contribution < -0.4 is 11.1 Å². The van der Waals surface area contributed by atoms with Crippen molar-refractivity contribution in [2.24, 2.45) is 5.73 Å². The van der Waals surface area contributed by atoms with Gasteiger partial charge in [0.1, 0.15) is 5.82 Å². The molecule has 3 N–H and O–H groups in total. The number of aryl methyl sites for hydroxylation is 1. The Bertz CT molecular complexity index is 1000. The molecule has 1 aromatic heterocycles. The van der Waals surface area contributed by atoms with Crippen molar-refractivity contribution < 1.29 is 18.0 Å².